The van der Waals surface area contributed by atoms with Gasteiger partial charge in [-0.05, 0) is 38.8 Å². The third kappa shape index (κ3) is 2.48. The van der Waals surface area contributed by atoms with Crippen LogP contribution >= 0.6 is 0 Å². The highest BCUT2D eigenvalue weighted by Gasteiger charge is 2.25. The molecule has 1 heterocycles. The van der Waals surface area contributed by atoms with Crippen molar-refractivity contribution in [3.8, 4) is 0 Å². The average Bonchev–Trinajstić information content (AvgIpc) is 2.67. The summed E-state index contributed by atoms with van der Waals surface area (Å²) < 4.78 is 0. The van der Waals surface area contributed by atoms with Gasteiger partial charge in [0.05, 0.1) is 6.17 Å². The van der Waals surface area contributed by atoms with E-state index in [0.717, 1.165) is 6.04 Å². The highest BCUT2D eigenvalue weighted by Crippen LogP contribution is 2.21. The summed E-state index contributed by atoms with van der Waals surface area (Å²) in [6.07, 6.45) is 10.6. The van der Waals surface area contributed by atoms with E-state index in [-0.39, 0.29) is 0 Å². The molecule has 2 heteroatoms. The van der Waals surface area contributed by atoms with Gasteiger partial charge in [-0.1, -0.05) is 26.2 Å². The van der Waals surface area contributed by atoms with Crippen LogP contribution in [0.5, 0.6) is 0 Å². The third-order valence-corrected chi connectivity index (χ3v) is 3.80. The molecule has 1 saturated carbocycles. The molecular formula is C12H24N2. The highest BCUT2D eigenvalue weighted by atomic mass is 15.3. The van der Waals surface area contributed by atoms with E-state index in [0.29, 0.717) is 6.17 Å². The van der Waals surface area contributed by atoms with Crippen LogP contribution < -0.4 is 5.32 Å². The maximum atomic E-state index is 3.84. The molecule has 0 radical (unpaired) electrons. The van der Waals surface area contributed by atoms with Crippen molar-refractivity contribution in [3.05, 3.63) is 0 Å². The normalized spacial score (nSPS) is 31.1. The van der Waals surface area contributed by atoms with Gasteiger partial charge in [-0.15, -0.1) is 0 Å². The number of nitrogens with zero attached hydrogens (tertiary/aromatic N) is 1. The third-order valence-electron chi connectivity index (χ3n) is 3.80. The average molecular weight is 196 g/mol. The highest BCUT2D eigenvalue weighted by molar-refractivity contribution is 4.81. The zero-order valence-corrected chi connectivity index (χ0v) is 9.47. The number of likely N-dealkylation sites (tertiary alicyclic amines) is 1. The summed E-state index contributed by atoms with van der Waals surface area (Å²) in [7, 11) is 0. The fraction of sp³-hybridized carbons (Fsp3) is 1.00. The van der Waals surface area contributed by atoms with Crippen molar-refractivity contribution in [1.82, 2.24) is 10.2 Å². The lowest BCUT2D eigenvalue weighted by atomic mass is 9.95. The molecule has 0 aromatic carbocycles. The van der Waals surface area contributed by atoms with E-state index < -0.39 is 0 Å². The smallest absolute Gasteiger partial charge is 0.0599 e. The second-order valence-corrected chi connectivity index (χ2v) is 4.79. The minimum absolute atomic E-state index is 0.697. The van der Waals surface area contributed by atoms with Gasteiger partial charge in [-0.25, -0.2) is 0 Å². The number of hydrogen-bond acceptors (Lipinski definition) is 2. The molecule has 1 atom stereocenters. The lowest BCUT2D eigenvalue weighted by Crippen LogP contribution is -2.46. The van der Waals surface area contributed by atoms with Crippen LogP contribution in [0.25, 0.3) is 0 Å². The fourth-order valence-corrected chi connectivity index (χ4v) is 2.93. The fourth-order valence-electron chi connectivity index (χ4n) is 2.93. The molecule has 0 amide bonds. The van der Waals surface area contributed by atoms with Crippen molar-refractivity contribution in [2.75, 3.05) is 13.1 Å². The van der Waals surface area contributed by atoms with E-state index in [1.807, 2.05) is 0 Å². The molecule has 0 aromatic heterocycles. The molecule has 82 valence electrons. The monoisotopic (exact) mass is 196 g/mol. The second kappa shape index (κ2) is 5.13. The molecule has 2 aliphatic rings. The summed E-state index contributed by atoms with van der Waals surface area (Å²) in [6, 6.07) is 0.820. The van der Waals surface area contributed by atoms with Crippen LogP contribution in [0.1, 0.15) is 51.9 Å². The molecule has 1 saturated heterocycles. The Labute approximate surface area is 88.1 Å². The predicted molar refractivity (Wildman–Crippen MR) is 60.3 cm³/mol. The zero-order valence-electron chi connectivity index (χ0n) is 9.47. The van der Waals surface area contributed by atoms with E-state index in [1.54, 1.807) is 0 Å². The van der Waals surface area contributed by atoms with Crippen molar-refractivity contribution in [2.24, 2.45) is 0 Å². The Morgan fingerprint density at radius 3 is 2.57 bits per heavy atom. The van der Waals surface area contributed by atoms with Crippen LogP contribution in [-0.4, -0.2) is 30.2 Å². The Morgan fingerprint density at radius 2 is 1.86 bits per heavy atom. The van der Waals surface area contributed by atoms with Crippen molar-refractivity contribution in [2.45, 2.75) is 64.1 Å². The molecule has 1 aliphatic carbocycles. The second-order valence-electron chi connectivity index (χ2n) is 4.79. The summed E-state index contributed by atoms with van der Waals surface area (Å²) in [5, 5.41) is 3.84. The molecular weight excluding hydrogens is 172 g/mol. The number of hydrogen-bond donors (Lipinski definition) is 1. The summed E-state index contributed by atoms with van der Waals surface area (Å²) in [6.45, 7) is 4.80. The van der Waals surface area contributed by atoms with Crippen LogP contribution in [0.3, 0.4) is 0 Å². The molecule has 0 bridgehead atoms. The van der Waals surface area contributed by atoms with Gasteiger partial charge >= 0.3 is 0 Å². The summed E-state index contributed by atoms with van der Waals surface area (Å²) in [5.74, 6) is 0. The van der Waals surface area contributed by atoms with Crippen LogP contribution in [0.15, 0.2) is 0 Å². The van der Waals surface area contributed by atoms with Gasteiger partial charge < -0.3 is 0 Å². The van der Waals surface area contributed by atoms with E-state index in [9.17, 15) is 0 Å². The van der Waals surface area contributed by atoms with E-state index in [4.69, 9.17) is 0 Å². The first-order valence-corrected chi connectivity index (χ1v) is 6.40. The van der Waals surface area contributed by atoms with Crippen LogP contribution in [0, 0.1) is 0 Å². The molecule has 2 rings (SSSR count). The molecule has 2 nitrogen and oxygen atoms in total. The van der Waals surface area contributed by atoms with Gasteiger partial charge in [0.15, 0.2) is 0 Å². The van der Waals surface area contributed by atoms with Crippen LogP contribution in [0.2, 0.25) is 0 Å². The van der Waals surface area contributed by atoms with E-state index in [1.165, 1.54) is 58.0 Å². The number of nitrogens with one attached hydrogen (secondary N) is 1. The molecule has 1 aliphatic heterocycles. The lowest BCUT2D eigenvalue weighted by Gasteiger charge is -2.31. The van der Waals surface area contributed by atoms with Crippen LogP contribution in [0.4, 0.5) is 0 Å². The molecule has 14 heavy (non-hydrogen) atoms. The lowest BCUT2D eigenvalue weighted by molar-refractivity contribution is 0.195. The number of rotatable bonds is 3. The molecule has 1 unspecified atom stereocenters. The summed E-state index contributed by atoms with van der Waals surface area (Å²) >= 11 is 0. The Morgan fingerprint density at radius 1 is 1.07 bits per heavy atom. The Bertz CT molecular complexity index is 164. The zero-order chi connectivity index (χ0) is 9.80. The van der Waals surface area contributed by atoms with E-state index in [2.05, 4.69) is 17.1 Å². The molecule has 1 N–H and O–H groups in total. The maximum absolute atomic E-state index is 3.84. The van der Waals surface area contributed by atoms with Gasteiger partial charge in [-0.2, -0.15) is 0 Å². The largest absolute Gasteiger partial charge is 0.299 e. The quantitative estimate of drug-likeness (QED) is 0.745. The standard InChI is InChI=1S/C12H24N2/c1-2-14-10-6-9-12(14)13-11-7-4-3-5-8-11/h11-13H,2-10H2,1H3. The molecule has 0 aromatic rings. The van der Waals surface area contributed by atoms with Gasteiger partial charge in [0.25, 0.3) is 0 Å². The van der Waals surface area contributed by atoms with Gasteiger partial charge in [0.2, 0.25) is 0 Å². The predicted octanol–water partition coefficient (Wildman–Crippen LogP) is 2.35. The van der Waals surface area contributed by atoms with Crippen molar-refractivity contribution >= 4 is 0 Å². The van der Waals surface area contributed by atoms with Crippen molar-refractivity contribution in [1.29, 1.82) is 0 Å². The maximum Gasteiger partial charge on any atom is 0.0599 e. The first kappa shape index (κ1) is 10.4. The minimum atomic E-state index is 0.697. The van der Waals surface area contributed by atoms with Crippen LogP contribution in [-0.2, 0) is 0 Å². The molecule has 2 fully saturated rings. The first-order valence-electron chi connectivity index (χ1n) is 6.40. The Kier molecular flexibility index (Phi) is 3.82. The Hall–Kier alpha value is -0.0800. The minimum Gasteiger partial charge on any atom is -0.299 e. The summed E-state index contributed by atoms with van der Waals surface area (Å²) in [4.78, 5) is 2.59. The Balaban J connectivity index is 1.77. The molecule has 0 spiro atoms. The van der Waals surface area contributed by atoms with Crippen molar-refractivity contribution in [3.63, 3.8) is 0 Å². The summed E-state index contributed by atoms with van der Waals surface area (Å²) in [5.41, 5.74) is 0. The van der Waals surface area contributed by atoms with Gasteiger partial charge in [0, 0.05) is 6.04 Å². The van der Waals surface area contributed by atoms with Crippen molar-refractivity contribution < 1.29 is 0 Å². The topological polar surface area (TPSA) is 15.3 Å². The first-order chi connectivity index (χ1) is 6.90. The van der Waals surface area contributed by atoms with E-state index >= 15 is 0 Å². The van der Waals surface area contributed by atoms with Gasteiger partial charge in [0.1, 0.15) is 0 Å². The SMILES string of the molecule is CCN1CCCC1NC1CCCCC1. The van der Waals surface area contributed by atoms with Gasteiger partial charge in [-0.3, -0.25) is 10.2 Å².